The van der Waals surface area contributed by atoms with Crippen molar-refractivity contribution in [1.29, 1.82) is 0 Å². The summed E-state index contributed by atoms with van der Waals surface area (Å²) in [6.45, 7) is 14.1. The van der Waals surface area contributed by atoms with Crippen LogP contribution in [0.3, 0.4) is 0 Å². The molecule has 3 N–H and O–H groups in total. The van der Waals surface area contributed by atoms with Gasteiger partial charge in [0, 0.05) is 50.7 Å². The molecule has 0 aromatic rings. The summed E-state index contributed by atoms with van der Waals surface area (Å²) in [7, 11) is 6.67. The first-order chi connectivity index (χ1) is 19.5. The van der Waals surface area contributed by atoms with E-state index in [2.05, 4.69) is 28.2 Å². The first-order valence-corrected chi connectivity index (χ1v) is 16.1. The number of halogens is 1. The summed E-state index contributed by atoms with van der Waals surface area (Å²) in [5.41, 5.74) is 5.57. The molecule has 1 aliphatic heterocycles. The van der Waals surface area contributed by atoms with Gasteiger partial charge in [0.2, 0.25) is 23.6 Å². The van der Waals surface area contributed by atoms with Gasteiger partial charge in [-0.25, -0.2) is 3.11 Å². The van der Waals surface area contributed by atoms with Crippen molar-refractivity contribution in [2.75, 3.05) is 34.9 Å². The number of hydrogen-bond donors (Lipinski definition) is 2. The number of carbonyl (C=O) groups is 4. The first-order valence-electron chi connectivity index (χ1n) is 15.1. The Morgan fingerprint density at radius 3 is 2.05 bits per heavy atom. The number of ether oxygens (including phenoxy) is 2. The molecule has 0 aliphatic carbocycles. The fourth-order valence-electron chi connectivity index (χ4n) is 6.17. The average Bonchev–Trinajstić information content (AvgIpc) is 3.39. The monoisotopic (exact) mass is 709 g/mol. The van der Waals surface area contributed by atoms with Gasteiger partial charge in [-0.05, 0) is 37.6 Å². The SMILES string of the molecule is CCC(C)C(C(CC(=O)N1CCCC1C(OC)C(C)C(N)=O)OC)N(C)C(=O)C(NC(=O)C(C(C)C)N(C)I)C(C)C. The Hall–Kier alpha value is -1.51. The van der Waals surface area contributed by atoms with E-state index < -0.39 is 36.1 Å². The quantitative estimate of drug-likeness (QED) is 0.175. The lowest BCUT2D eigenvalue weighted by molar-refractivity contribution is -0.147. The number of methoxy groups -OCH3 is 2. The second kappa shape index (κ2) is 17.7. The van der Waals surface area contributed by atoms with E-state index in [1.54, 1.807) is 30.9 Å². The normalized spacial score (nSPS) is 20.6. The van der Waals surface area contributed by atoms with Gasteiger partial charge in [-0.1, -0.05) is 54.9 Å². The zero-order chi connectivity index (χ0) is 32.5. The van der Waals surface area contributed by atoms with Gasteiger partial charge in [0.05, 0.1) is 36.6 Å². The molecule has 0 aromatic heterocycles. The van der Waals surface area contributed by atoms with Gasteiger partial charge in [-0.3, -0.25) is 19.2 Å². The third-order valence-corrected chi connectivity index (χ3v) is 9.41. The lowest BCUT2D eigenvalue weighted by atomic mass is 9.89. The van der Waals surface area contributed by atoms with Gasteiger partial charge in [-0.15, -0.1) is 0 Å². The fourth-order valence-corrected chi connectivity index (χ4v) is 7.06. The van der Waals surface area contributed by atoms with Crippen LogP contribution in [0.15, 0.2) is 0 Å². The number of amides is 4. The molecule has 1 fully saturated rings. The number of primary amides is 1. The van der Waals surface area contributed by atoms with Crippen LogP contribution in [0.25, 0.3) is 0 Å². The highest BCUT2D eigenvalue weighted by Gasteiger charge is 2.42. The maximum atomic E-state index is 14.0. The highest BCUT2D eigenvalue weighted by atomic mass is 127. The highest BCUT2D eigenvalue weighted by Crippen LogP contribution is 2.29. The van der Waals surface area contributed by atoms with E-state index in [1.165, 1.54) is 7.11 Å². The molecule has 42 heavy (non-hydrogen) atoms. The van der Waals surface area contributed by atoms with Crippen LogP contribution in [0.4, 0.5) is 0 Å². The lowest BCUT2D eigenvalue weighted by Crippen LogP contribution is -2.59. The van der Waals surface area contributed by atoms with Crippen molar-refractivity contribution >= 4 is 46.5 Å². The molecule has 244 valence electrons. The molecule has 0 bridgehead atoms. The molecule has 8 atom stereocenters. The van der Waals surface area contributed by atoms with Crippen molar-refractivity contribution in [2.45, 2.75) is 111 Å². The summed E-state index contributed by atoms with van der Waals surface area (Å²) in [4.78, 5) is 56.4. The van der Waals surface area contributed by atoms with Gasteiger partial charge < -0.3 is 30.3 Å². The lowest BCUT2D eigenvalue weighted by Gasteiger charge is -2.41. The van der Waals surface area contributed by atoms with Crippen LogP contribution in [-0.4, -0.2) is 108 Å². The van der Waals surface area contributed by atoms with E-state index in [0.29, 0.717) is 13.0 Å². The Bertz CT molecular complexity index is 895. The minimum Gasteiger partial charge on any atom is -0.379 e. The first kappa shape index (κ1) is 38.5. The number of rotatable bonds is 17. The molecule has 11 nitrogen and oxygen atoms in total. The van der Waals surface area contributed by atoms with Gasteiger partial charge in [0.25, 0.3) is 0 Å². The molecule has 1 rings (SSSR count). The van der Waals surface area contributed by atoms with Crippen molar-refractivity contribution < 1.29 is 28.7 Å². The number of nitrogens with two attached hydrogens (primary N) is 1. The molecule has 0 radical (unpaired) electrons. The van der Waals surface area contributed by atoms with Gasteiger partial charge >= 0.3 is 0 Å². The van der Waals surface area contributed by atoms with Crippen molar-refractivity contribution in [3.8, 4) is 0 Å². The minimum absolute atomic E-state index is 0.0140. The number of nitrogens with one attached hydrogen (secondary N) is 1. The van der Waals surface area contributed by atoms with Gasteiger partial charge in [0.15, 0.2) is 0 Å². The van der Waals surface area contributed by atoms with Crippen LogP contribution in [0, 0.1) is 23.7 Å². The number of likely N-dealkylation sites (tertiary alicyclic amines) is 1. The zero-order valence-corrected chi connectivity index (χ0v) is 29.7. The van der Waals surface area contributed by atoms with Crippen LogP contribution in [0.2, 0.25) is 0 Å². The van der Waals surface area contributed by atoms with E-state index >= 15 is 0 Å². The summed E-state index contributed by atoms with van der Waals surface area (Å²) in [6, 6.07) is -1.80. The van der Waals surface area contributed by atoms with Crippen LogP contribution in [-0.2, 0) is 28.7 Å². The molecule has 1 heterocycles. The third kappa shape index (κ3) is 9.75. The molecule has 12 heteroatoms. The maximum Gasteiger partial charge on any atom is 0.245 e. The summed E-state index contributed by atoms with van der Waals surface area (Å²) in [5, 5.41) is 3.01. The van der Waals surface area contributed by atoms with Crippen LogP contribution >= 0.6 is 22.9 Å². The minimum atomic E-state index is -0.736. The molecule has 0 aromatic carbocycles. The van der Waals surface area contributed by atoms with Gasteiger partial charge in [-0.2, -0.15) is 0 Å². The molecule has 1 saturated heterocycles. The predicted molar refractivity (Wildman–Crippen MR) is 172 cm³/mol. The second-order valence-electron chi connectivity index (χ2n) is 12.4. The molecular weight excluding hydrogens is 653 g/mol. The van der Waals surface area contributed by atoms with E-state index in [-0.39, 0.29) is 54.0 Å². The predicted octanol–water partition coefficient (Wildman–Crippen LogP) is 2.84. The van der Waals surface area contributed by atoms with Crippen LogP contribution in [0.1, 0.15) is 74.1 Å². The van der Waals surface area contributed by atoms with E-state index in [4.69, 9.17) is 15.2 Å². The standard InChI is InChI=1S/C30H56IN5O6/c1-12-19(6)26(34(8)30(40)24(17(2)3)33-29(39)25(18(4)5)35(9)31)22(41-10)16-23(37)36-15-13-14-21(36)27(42-11)20(7)28(32)38/h17-22,24-27H,12-16H2,1-11H3,(H2,32,38)(H,33,39). The third-order valence-electron chi connectivity index (χ3n) is 8.81. The Kier molecular flexibility index (Phi) is 16.2. The van der Waals surface area contributed by atoms with Crippen molar-refractivity contribution in [3.05, 3.63) is 0 Å². The zero-order valence-electron chi connectivity index (χ0n) is 27.6. The number of nitrogens with zero attached hydrogens (tertiary/aromatic N) is 3. The largest absolute Gasteiger partial charge is 0.379 e. The summed E-state index contributed by atoms with van der Waals surface area (Å²) in [6.07, 6.45) is 1.26. The second-order valence-corrected chi connectivity index (χ2v) is 14.0. The van der Waals surface area contributed by atoms with Crippen molar-refractivity contribution in [2.24, 2.45) is 29.4 Å². The van der Waals surface area contributed by atoms with Gasteiger partial charge in [0.1, 0.15) is 12.1 Å². The molecule has 0 spiro atoms. The topological polar surface area (TPSA) is 135 Å². The van der Waals surface area contributed by atoms with Crippen molar-refractivity contribution in [1.82, 2.24) is 18.2 Å². The van der Waals surface area contributed by atoms with Crippen LogP contribution in [0.5, 0.6) is 0 Å². The molecule has 1 aliphatic rings. The Labute approximate surface area is 267 Å². The van der Waals surface area contributed by atoms with Crippen molar-refractivity contribution in [3.63, 3.8) is 0 Å². The average molecular weight is 710 g/mol. The number of likely N-dealkylation sites (N-methyl/N-ethyl adjacent to an activating group) is 2. The molecule has 4 amide bonds. The molecule has 8 unspecified atom stereocenters. The number of hydrogen-bond acceptors (Lipinski definition) is 7. The maximum absolute atomic E-state index is 14.0. The van der Waals surface area contributed by atoms with E-state index in [9.17, 15) is 19.2 Å². The van der Waals surface area contributed by atoms with E-state index in [1.807, 2.05) is 51.7 Å². The highest BCUT2D eigenvalue weighted by molar-refractivity contribution is 14.1. The molecular formula is C30H56IN5O6. The summed E-state index contributed by atoms with van der Waals surface area (Å²) >= 11 is 2.10. The Morgan fingerprint density at radius 1 is 1.02 bits per heavy atom. The molecule has 0 saturated carbocycles. The fraction of sp³-hybridized carbons (Fsp3) is 0.867. The summed E-state index contributed by atoms with van der Waals surface area (Å²) in [5.74, 6) is -1.62. The van der Waals surface area contributed by atoms with E-state index in [0.717, 1.165) is 12.8 Å². The smallest absolute Gasteiger partial charge is 0.245 e. The Balaban J connectivity index is 3.26. The Morgan fingerprint density at radius 2 is 1.62 bits per heavy atom. The van der Waals surface area contributed by atoms with Crippen LogP contribution < -0.4 is 11.1 Å². The summed E-state index contributed by atoms with van der Waals surface area (Å²) < 4.78 is 13.4. The number of carbonyl (C=O) groups excluding carboxylic acids is 4.